The molecule has 3 heterocycles. The van der Waals surface area contributed by atoms with E-state index >= 15 is 0 Å². The molecule has 1 aromatic heterocycles. The van der Waals surface area contributed by atoms with Crippen LogP contribution in [0.25, 0.3) is 10.8 Å². The minimum absolute atomic E-state index is 0.108. The van der Waals surface area contributed by atoms with Crippen molar-refractivity contribution in [3.63, 3.8) is 0 Å². The Hall–Kier alpha value is -3.15. The van der Waals surface area contributed by atoms with Crippen molar-refractivity contribution in [3.8, 4) is 0 Å². The molecule has 2 aliphatic rings. The normalized spacial score (nSPS) is 17.4. The third-order valence-corrected chi connectivity index (χ3v) is 6.15. The molecule has 6 nitrogen and oxygen atoms in total. The Balaban J connectivity index is 1.25. The van der Waals surface area contributed by atoms with Gasteiger partial charge in [0, 0.05) is 51.0 Å². The first-order valence-corrected chi connectivity index (χ1v) is 10.9. The molecule has 0 unspecified atom stereocenters. The van der Waals surface area contributed by atoms with Crippen LogP contribution in [0.4, 0.5) is 11.8 Å². The van der Waals surface area contributed by atoms with Crippen molar-refractivity contribution in [2.24, 2.45) is 0 Å². The van der Waals surface area contributed by atoms with Gasteiger partial charge in [0.2, 0.25) is 5.95 Å². The van der Waals surface area contributed by atoms with Gasteiger partial charge in [-0.05, 0) is 48.2 Å². The number of rotatable bonds is 3. The number of aromatic nitrogens is 2. The maximum Gasteiger partial charge on any atom is 0.253 e. The van der Waals surface area contributed by atoms with Crippen molar-refractivity contribution < 1.29 is 4.79 Å². The van der Waals surface area contributed by atoms with E-state index in [1.807, 2.05) is 47.5 Å². The largest absolute Gasteiger partial charge is 0.353 e. The molecular formula is C24H27N5O. The molecule has 30 heavy (non-hydrogen) atoms. The second kappa shape index (κ2) is 8.30. The topological polar surface area (TPSA) is 52.6 Å². The smallest absolute Gasteiger partial charge is 0.253 e. The molecule has 2 fully saturated rings. The van der Waals surface area contributed by atoms with E-state index < -0.39 is 0 Å². The van der Waals surface area contributed by atoms with Crippen LogP contribution in [0.3, 0.4) is 0 Å². The van der Waals surface area contributed by atoms with E-state index in [1.54, 1.807) is 0 Å². The summed E-state index contributed by atoms with van der Waals surface area (Å²) in [5.41, 5.74) is 0.761. The first kappa shape index (κ1) is 18.9. The predicted molar refractivity (Wildman–Crippen MR) is 120 cm³/mol. The Morgan fingerprint density at radius 3 is 2.33 bits per heavy atom. The Bertz CT molecular complexity index is 1040. The Labute approximate surface area is 177 Å². The number of piperazine rings is 1. The lowest BCUT2D eigenvalue weighted by Gasteiger charge is -2.36. The van der Waals surface area contributed by atoms with E-state index in [2.05, 4.69) is 26.9 Å². The van der Waals surface area contributed by atoms with Gasteiger partial charge in [0.25, 0.3) is 5.91 Å². The van der Waals surface area contributed by atoms with Crippen LogP contribution in [0.15, 0.2) is 54.7 Å². The first-order valence-electron chi connectivity index (χ1n) is 10.9. The number of nitrogens with zero attached hydrogens (tertiary/aromatic N) is 5. The molecule has 0 atom stereocenters. The van der Waals surface area contributed by atoms with Gasteiger partial charge in [0.15, 0.2) is 0 Å². The molecule has 3 aromatic rings. The lowest BCUT2D eigenvalue weighted by atomic mass is 10.1. The fourth-order valence-corrected chi connectivity index (χ4v) is 4.41. The highest BCUT2D eigenvalue weighted by molar-refractivity contribution is 5.98. The number of anilines is 2. The molecule has 0 radical (unpaired) electrons. The molecule has 6 heteroatoms. The second-order valence-electron chi connectivity index (χ2n) is 8.10. The molecule has 0 bridgehead atoms. The SMILES string of the molecule is O=C(c1ccc2ccccc2c1)N1CCN(c2ccnc(N3CCCCC3)n2)CC1. The summed E-state index contributed by atoms with van der Waals surface area (Å²) in [6, 6.07) is 16.1. The minimum Gasteiger partial charge on any atom is -0.353 e. The summed E-state index contributed by atoms with van der Waals surface area (Å²) in [6.07, 6.45) is 5.58. The van der Waals surface area contributed by atoms with Crippen molar-refractivity contribution in [1.82, 2.24) is 14.9 Å². The van der Waals surface area contributed by atoms with Gasteiger partial charge in [-0.25, -0.2) is 4.98 Å². The third-order valence-electron chi connectivity index (χ3n) is 6.15. The van der Waals surface area contributed by atoms with E-state index in [9.17, 15) is 4.79 Å². The minimum atomic E-state index is 0.108. The average Bonchev–Trinajstić information content (AvgIpc) is 2.84. The molecule has 0 N–H and O–H groups in total. The zero-order chi connectivity index (χ0) is 20.3. The summed E-state index contributed by atoms with van der Waals surface area (Å²) < 4.78 is 0. The fraction of sp³-hybridized carbons (Fsp3) is 0.375. The highest BCUT2D eigenvalue weighted by Gasteiger charge is 2.24. The predicted octanol–water partition coefficient (Wildman–Crippen LogP) is 3.58. The summed E-state index contributed by atoms with van der Waals surface area (Å²) >= 11 is 0. The van der Waals surface area contributed by atoms with Gasteiger partial charge in [0.05, 0.1) is 0 Å². The molecule has 2 saturated heterocycles. The van der Waals surface area contributed by atoms with E-state index in [4.69, 9.17) is 4.98 Å². The molecule has 2 aromatic carbocycles. The number of benzene rings is 2. The van der Waals surface area contributed by atoms with Crippen molar-refractivity contribution in [2.75, 3.05) is 49.1 Å². The van der Waals surface area contributed by atoms with Crippen LogP contribution in [-0.4, -0.2) is 60.0 Å². The number of carbonyl (C=O) groups excluding carboxylic acids is 1. The molecule has 2 aliphatic heterocycles. The number of carbonyl (C=O) groups is 1. The monoisotopic (exact) mass is 401 g/mol. The van der Waals surface area contributed by atoms with Crippen molar-refractivity contribution >= 4 is 28.4 Å². The number of piperidine rings is 1. The number of hydrogen-bond donors (Lipinski definition) is 0. The maximum atomic E-state index is 13.0. The van der Waals surface area contributed by atoms with Gasteiger partial charge in [-0.15, -0.1) is 0 Å². The van der Waals surface area contributed by atoms with Gasteiger partial charge in [-0.2, -0.15) is 4.98 Å². The van der Waals surface area contributed by atoms with Crippen molar-refractivity contribution in [1.29, 1.82) is 0 Å². The third kappa shape index (κ3) is 3.82. The first-order chi connectivity index (χ1) is 14.8. The molecule has 1 amide bonds. The number of hydrogen-bond acceptors (Lipinski definition) is 5. The summed E-state index contributed by atoms with van der Waals surface area (Å²) in [5.74, 6) is 1.90. The van der Waals surface area contributed by atoms with E-state index in [0.717, 1.165) is 54.3 Å². The van der Waals surface area contributed by atoms with Crippen LogP contribution < -0.4 is 9.80 Å². The summed E-state index contributed by atoms with van der Waals surface area (Å²) in [7, 11) is 0. The van der Waals surface area contributed by atoms with Crippen molar-refractivity contribution in [3.05, 3.63) is 60.3 Å². The number of amides is 1. The molecule has 5 rings (SSSR count). The Kier molecular flexibility index (Phi) is 5.22. The Morgan fingerprint density at radius 2 is 1.53 bits per heavy atom. The highest BCUT2D eigenvalue weighted by atomic mass is 16.2. The van der Waals surface area contributed by atoms with Crippen LogP contribution in [-0.2, 0) is 0 Å². The average molecular weight is 402 g/mol. The summed E-state index contributed by atoms with van der Waals surface area (Å²) in [6.45, 7) is 5.06. The molecular weight excluding hydrogens is 374 g/mol. The van der Waals surface area contributed by atoms with E-state index in [0.29, 0.717) is 13.1 Å². The van der Waals surface area contributed by atoms with Crippen LogP contribution in [0.2, 0.25) is 0 Å². The van der Waals surface area contributed by atoms with E-state index in [-0.39, 0.29) is 5.91 Å². The molecule has 0 spiro atoms. The van der Waals surface area contributed by atoms with Crippen LogP contribution in [0, 0.1) is 0 Å². The van der Waals surface area contributed by atoms with Gasteiger partial charge in [-0.1, -0.05) is 30.3 Å². The highest BCUT2D eigenvalue weighted by Crippen LogP contribution is 2.21. The molecule has 0 aliphatic carbocycles. The zero-order valence-corrected chi connectivity index (χ0v) is 17.2. The zero-order valence-electron chi connectivity index (χ0n) is 17.2. The van der Waals surface area contributed by atoms with Crippen LogP contribution >= 0.6 is 0 Å². The maximum absolute atomic E-state index is 13.0. The van der Waals surface area contributed by atoms with Crippen LogP contribution in [0.5, 0.6) is 0 Å². The van der Waals surface area contributed by atoms with Gasteiger partial charge in [-0.3, -0.25) is 4.79 Å². The van der Waals surface area contributed by atoms with E-state index in [1.165, 1.54) is 19.3 Å². The quantitative estimate of drug-likeness (QED) is 0.671. The number of fused-ring (bicyclic) bond motifs is 1. The fourth-order valence-electron chi connectivity index (χ4n) is 4.41. The second-order valence-corrected chi connectivity index (χ2v) is 8.10. The lowest BCUT2D eigenvalue weighted by molar-refractivity contribution is 0.0746. The summed E-state index contributed by atoms with van der Waals surface area (Å²) in [4.78, 5) is 28.8. The molecule has 0 saturated carbocycles. The lowest BCUT2D eigenvalue weighted by Crippen LogP contribution is -2.49. The molecule has 154 valence electrons. The van der Waals surface area contributed by atoms with Gasteiger partial charge < -0.3 is 14.7 Å². The van der Waals surface area contributed by atoms with Crippen LogP contribution in [0.1, 0.15) is 29.6 Å². The van der Waals surface area contributed by atoms with Crippen molar-refractivity contribution in [2.45, 2.75) is 19.3 Å². The summed E-state index contributed by atoms with van der Waals surface area (Å²) in [5, 5.41) is 2.26. The standard InChI is InChI=1S/C24H27N5O/c30-23(21-9-8-19-6-2-3-7-20(19)18-21)28-16-14-27(15-17-28)22-10-11-25-24(26-22)29-12-4-1-5-13-29/h2-3,6-11,18H,1,4-5,12-17H2. The Morgan fingerprint density at radius 1 is 0.767 bits per heavy atom. The van der Waals surface area contributed by atoms with Gasteiger partial charge >= 0.3 is 0 Å². The van der Waals surface area contributed by atoms with Gasteiger partial charge in [0.1, 0.15) is 5.82 Å².